The molecule has 3 aromatic carbocycles. The Hall–Kier alpha value is -3.60. The number of carbonyl (C=O) groups is 2. The summed E-state index contributed by atoms with van der Waals surface area (Å²) in [6, 6.07) is 18.2. The van der Waals surface area contributed by atoms with Crippen molar-refractivity contribution in [2.75, 3.05) is 11.9 Å². The predicted octanol–water partition coefficient (Wildman–Crippen LogP) is 5.74. The highest BCUT2D eigenvalue weighted by molar-refractivity contribution is 6.05. The molecule has 1 amide bonds. The van der Waals surface area contributed by atoms with Gasteiger partial charge in [0.25, 0.3) is 5.91 Å². The van der Waals surface area contributed by atoms with E-state index in [4.69, 9.17) is 9.47 Å². The molecule has 5 heteroatoms. The molecular weight excluding hydrogens is 390 g/mol. The van der Waals surface area contributed by atoms with E-state index in [0.29, 0.717) is 29.2 Å². The summed E-state index contributed by atoms with van der Waals surface area (Å²) in [4.78, 5) is 24.4. The molecule has 0 atom stereocenters. The van der Waals surface area contributed by atoms with Crippen molar-refractivity contribution in [3.63, 3.8) is 0 Å². The molecule has 5 nitrogen and oxygen atoms in total. The number of benzene rings is 3. The minimum absolute atomic E-state index is 0.0528. The molecule has 0 saturated heterocycles. The number of Topliss-reactive ketones (excluding diaryl/α,β-unsaturated/α-hetero) is 1. The number of rotatable bonds is 8. The number of ketones is 1. The zero-order valence-electron chi connectivity index (χ0n) is 18.3. The first kappa shape index (κ1) is 22.1. The number of carbonyl (C=O) groups excluding carboxylic acids is 2. The molecule has 160 valence electrons. The van der Waals surface area contributed by atoms with E-state index < -0.39 is 0 Å². The van der Waals surface area contributed by atoms with Crippen molar-refractivity contribution < 1.29 is 19.1 Å². The van der Waals surface area contributed by atoms with E-state index in [1.165, 1.54) is 6.92 Å². The maximum atomic E-state index is 12.8. The van der Waals surface area contributed by atoms with E-state index in [1.807, 2.05) is 32.9 Å². The zero-order valence-corrected chi connectivity index (χ0v) is 18.3. The largest absolute Gasteiger partial charge is 0.493 e. The Bertz CT molecular complexity index is 1080. The molecule has 0 unspecified atom stereocenters. The number of anilines is 1. The van der Waals surface area contributed by atoms with Gasteiger partial charge >= 0.3 is 0 Å². The second-order valence-corrected chi connectivity index (χ2v) is 7.46. The smallest absolute Gasteiger partial charge is 0.255 e. The van der Waals surface area contributed by atoms with Crippen LogP contribution in [0.25, 0.3) is 0 Å². The van der Waals surface area contributed by atoms with Gasteiger partial charge in [-0.15, -0.1) is 0 Å². The lowest BCUT2D eigenvalue weighted by atomic mass is 10.1. The van der Waals surface area contributed by atoms with Gasteiger partial charge in [-0.25, -0.2) is 0 Å². The highest BCUT2D eigenvalue weighted by Gasteiger charge is 2.13. The van der Waals surface area contributed by atoms with Crippen LogP contribution in [0.5, 0.6) is 11.5 Å². The van der Waals surface area contributed by atoms with E-state index in [0.717, 1.165) is 22.4 Å². The molecule has 3 rings (SSSR count). The zero-order chi connectivity index (χ0) is 22.4. The molecule has 0 saturated carbocycles. The topological polar surface area (TPSA) is 64.6 Å². The van der Waals surface area contributed by atoms with Crippen LogP contribution in [0, 0.1) is 13.8 Å². The summed E-state index contributed by atoms with van der Waals surface area (Å²) in [6.45, 7) is 8.25. The van der Waals surface area contributed by atoms with Crippen LogP contribution >= 0.6 is 0 Å². The standard InChI is InChI=1S/C26H27NO4/c1-5-30-25-10-9-21(26(29)27-23-8-6-7-20(15-23)19(4)28)14-22(25)16-31-24-12-17(2)11-18(3)13-24/h6-15H,5,16H2,1-4H3,(H,27,29). The minimum Gasteiger partial charge on any atom is -0.493 e. The van der Waals surface area contributed by atoms with Gasteiger partial charge in [-0.2, -0.15) is 0 Å². The second kappa shape index (κ2) is 9.94. The van der Waals surface area contributed by atoms with E-state index in [-0.39, 0.29) is 18.3 Å². The van der Waals surface area contributed by atoms with Gasteiger partial charge in [0, 0.05) is 22.4 Å². The third-order valence-corrected chi connectivity index (χ3v) is 4.74. The molecular formula is C26H27NO4. The molecule has 0 aliphatic heterocycles. The average molecular weight is 418 g/mol. The van der Waals surface area contributed by atoms with Gasteiger partial charge in [-0.05, 0) is 81.3 Å². The van der Waals surface area contributed by atoms with Crippen molar-refractivity contribution in [2.24, 2.45) is 0 Å². The summed E-state index contributed by atoms with van der Waals surface area (Å²) >= 11 is 0. The number of nitrogens with one attached hydrogen (secondary N) is 1. The van der Waals surface area contributed by atoms with Crippen molar-refractivity contribution in [1.29, 1.82) is 0 Å². The van der Waals surface area contributed by atoms with Crippen molar-refractivity contribution in [1.82, 2.24) is 0 Å². The van der Waals surface area contributed by atoms with Crippen LogP contribution in [-0.4, -0.2) is 18.3 Å². The lowest BCUT2D eigenvalue weighted by Crippen LogP contribution is -2.13. The first-order chi connectivity index (χ1) is 14.9. The lowest BCUT2D eigenvalue weighted by Gasteiger charge is -2.14. The predicted molar refractivity (Wildman–Crippen MR) is 122 cm³/mol. The molecule has 0 radical (unpaired) electrons. The molecule has 0 aliphatic carbocycles. The molecule has 1 N–H and O–H groups in total. The monoisotopic (exact) mass is 417 g/mol. The van der Waals surface area contributed by atoms with Gasteiger partial charge in [0.1, 0.15) is 18.1 Å². The van der Waals surface area contributed by atoms with Crippen LogP contribution in [0.2, 0.25) is 0 Å². The Morgan fingerprint density at radius 3 is 2.29 bits per heavy atom. The number of aryl methyl sites for hydroxylation is 2. The van der Waals surface area contributed by atoms with Gasteiger partial charge in [0.05, 0.1) is 6.61 Å². The van der Waals surface area contributed by atoms with Crippen LogP contribution in [0.15, 0.2) is 60.7 Å². The number of amides is 1. The molecule has 3 aromatic rings. The first-order valence-electron chi connectivity index (χ1n) is 10.2. The Kier molecular flexibility index (Phi) is 7.08. The minimum atomic E-state index is -0.267. The van der Waals surface area contributed by atoms with E-state index >= 15 is 0 Å². The number of hydrogen-bond acceptors (Lipinski definition) is 4. The quantitative estimate of drug-likeness (QED) is 0.475. The van der Waals surface area contributed by atoms with Crippen LogP contribution in [0.1, 0.15) is 51.3 Å². The fraction of sp³-hybridized carbons (Fsp3) is 0.231. The first-order valence-corrected chi connectivity index (χ1v) is 10.2. The van der Waals surface area contributed by atoms with Gasteiger partial charge in [0.15, 0.2) is 5.78 Å². The summed E-state index contributed by atoms with van der Waals surface area (Å²) in [5, 5.41) is 2.85. The van der Waals surface area contributed by atoms with Crippen molar-refractivity contribution >= 4 is 17.4 Å². The average Bonchev–Trinajstić information content (AvgIpc) is 2.72. The van der Waals surface area contributed by atoms with Crippen molar-refractivity contribution in [2.45, 2.75) is 34.3 Å². The lowest BCUT2D eigenvalue weighted by molar-refractivity contribution is 0.101. The molecule has 0 fully saturated rings. The molecule has 0 heterocycles. The Morgan fingerprint density at radius 1 is 0.871 bits per heavy atom. The Labute approximate surface area is 183 Å². The fourth-order valence-corrected chi connectivity index (χ4v) is 3.33. The third kappa shape index (κ3) is 5.95. The highest BCUT2D eigenvalue weighted by atomic mass is 16.5. The van der Waals surface area contributed by atoms with E-state index in [9.17, 15) is 9.59 Å². The van der Waals surface area contributed by atoms with Gasteiger partial charge in [-0.3, -0.25) is 9.59 Å². The summed E-state index contributed by atoms with van der Waals surface area (Å²) in [5.41, 5.74) is 4.63. The van der Waals surface area contributed by atoms with Crippen molar-refractivity contribution in [3.8, 4) is 11.5 Å². The molecule has 0 bridgehead atoms. The fourth-order valence-electron chi connectivity index (χ4n) is 3.33. The summed E-state index contributed by atoms with van der Waals surface area (Å²) in [5.74, 6) is 1.14. The van der Waals surface area contributed by atoms with Crippen LogP contribution in [-0.2, 0) is 6.61 Å². The Morgan fingerprint density at radius 2 is 1.61 bits per heavy atom. The highest BCUT2D eigenvalue weighted by Crippen LogP contribution is 2.24. The summed E-state index contributed by atoms with van der Waals surface area (Å²) in [6.07, 6.45) is 0. The normalized spacial score (nSPS) is 10.5. The molecule has 31 heavy (non-hydrogen) atoms. The van der Waals surface area contributed by atoms with Gasteiger partial charge < -0.3 is 14.8 Å². The second-order valence-electron chi connectivity index (χ2n) is 7.46. The number of ether oxygens (including phenoxy) is 2. The summed E-state index contributed by atoms with van der Waals surface area (Å²) in [7, 11) is 0. The van der Waals surface area contributed by atoms with Gasteiger partial charge in [0.2, 0.25) is 0 Å². The van der Waals surface area contributed by atoms with E-state index in [2.05, 4.69) is 11.4 Å². The Balaban J connectivity index is 1.80. The van der Waals surface area contributed by atoms with Crippen LogP contribution in [0.4, 0.5) is 5.69 Å². The molecule has 0 aromatic heterocycles. The molecule has 0 aliphatic rings. The van der Waals surface area contributed by atoms with Crippen molar-refractivity contribution in [3.05, 3.63) is 88.5 Å². The maximum Gasteiger partial charge on any atom is 0.255 e. The number of hydrogen-bond donors (Lipinski definition) is 1. The SMILES string of the molecule is CCOc1ccc(C(=O)Nc2cccc(C(C)=O)c2)cc1COc1cc(C)cc(C)c1. The van der Waals surface area contributed by atoms with Crippen LogP contribution in [0.3, 0.4) is 0 Å². The third-order valence-electron chi connectivity index (χ3n) is 4.74. The maximum absolute atomic E-state index is 12.8. The van der Waals surface area contributed by atoms with Crippen LogP contribution < -0.4 is 14.8 Å². The molecule has 0 spiro atoms. The summed E-state index contributed by atoms with van der Waals surface area (Å²) < 4.78 is 11.7. The van der Waals surface area contributed by atoms with Gasteiger partial charge in [-0.1, -0.05) is 18.2 Å². The van der Waals surface area contributed by atoms with E-state index in [1.54, 1.807) is 42.5 Å².